The van der Waals surface area contributed by atoms with Gasteiger partial charge in [0.25, 0.3) is 5.91 Å². The number of anilines is 1. The number of para-hydroxylation sites is 2. The summed E-state index contributed by atoms with van der Waals surface area (Å²) in [4.78, 5) is 16.9. The van der Waals surface area contributed by atoms with Gasteiger partial charge < -0.3 is 9.47 Å². The first kappa shape index (κ1) is 17.1. The van der Waals surface area contributed by atoms with Gasteiger partial charge in [-0.25, -0.2) is 4.98 Å². The number of alkyl halides is 2. The lowest BCUT2D eigenvalue weighted by Crippen LogP contribution is -2.15. The maximum Gasteiger partial charge on any atom is 0.387 e. The lowest BCUT2D eigenvalue weighted by molar-refractivity contribution is -0.0515. The molecule has 8 heteroatoms. The van der Waals surface area contributed by atoms with Crippen LogP contribution in [0, 0.1) is 6.92 Å². The number of nitrogens with zero attached hydrogens (tertiary/aromatic N) is 1. The number of hydrogen-bond acceptors (Lipinski definition) is 5. The summed E-state index contributed by atoms with van der Waals surface area (Å²) in [6.07, 6.45) is 0. The second-order valence-corrected chi connectivity index (χ2v) is 6.14. The molecule has 3 rings (SSSR count). The summed E-state index contributed by atoms with van der Waals surface area (Å²) in [5.41, 5.74) is 1.71. The monoisotopic (exact) mass is 364 g/mol. The van der Waals surface area contributed by atoms with E-state index in [1.165, 1.54) is 36.6 Å². The van der Waals surface area contributed by atoms with Crippen LogP contribution in [0.15, 0.2) is 36.4 Å². The molecule has 0 radical (unpaired) electrons. The Balaban J connectivity index is 1.93. The van der Waals surface area contributed by atoms with Crippen molar-refractivity contribution in [2.24, 2.45) is 0 Å². The number of aromatic nitrogens is 1. The van der Waals surface area contributed by atoms with E-state index in [1.54, 1.807) is 0 Å². The van der Waals surface area contributed by atoms with Crippen molar-refractivity contribution in [2.75, 3.05) is 12.4 Å². The minimum absolute atomic E-state index is 0.0492. The zero-order valence-electron chi connectivity index (χ0n) is 13.4. The molecule has 1 aromatic heterocycles. The summed E-state index contributed by atoms with van der Waals surface area (Å²) >= 11 is 1.30. The average molecular weight is 364 g/mol. The summed E-state index contributed by atoms with van der Waals surface area (Å²) < 4.78 is 35.7. The molecule has 0 aliphatic rings. The Morgan fingerprint density at radius 3 is 2.68 bits per heavy atom. The number of benzene rings is 2. The molecule has 3 aromatic rings. The van der Waals surface area contributed by atoms with Crippen molar-refractivity contribution in [3.05, 3.63) is 47.5 Å². The van der Waals surface area contributed by atoms with Crippen molar-refractivity contribution in [1.82, 2.24) is 4.98 Å². The number of methoxy groups -OCH3 is 1. The Bertz CT molecular complexity index is 927. The van der Waals surface area contributed by atoms with E-state index in [0.29, 0.717) is 5.13 Å². The van der Waals surface area contributed by atoms with E-state index in [0.717, 1.165) is 15.8 Å². The average Bonchev–Trinajstić information content (AvgIpc) is 2.98. The van der Waals surface area contributed by atoms with E-state index in [-0.39, 0.29) is 17.1 Å². The van der Waals surface area contributed by atoms with Crippen molar-refractivity contribution in [3.63, 3.8) is 0 Å². The largest absolute Gasteiger partial charge is 0.493 e. The molecule has 0 aliphatic heterocycles. The Morgan fingerprint density at radius 1 is 1.24 bits per heavy atom. The van der Waals surface area contributed by atoms with Gasteiger partial charge in [-0.05, 0) is 30.7 Å². The van der Waals surface area contributed by atoms with E-state index in [9.17, 15) is 13.6 Å². The molecule has 1 N–H and O–H groups in total. The van der Waals surface area contributed by atoms with Crippen molar-refractivity contribution >= 4 is 32.6 Å². The number of halogens is 2. The van der Waals surface area contributed by atoms with E-state index in [2.05, 4.69) is 15.0 Å². The highest BCUT2D eigenvalue weighted by Crippen LogP contribution is 2.34. The van der Waals surface area contributed by atoms with Crippen LogP contribution in [-0.4, -0.2) is 24.6 Å². The quantitative estimate of drug-likeness (QED) is 0.726. The van der Waals surface area contributed by atoms with Gasteiger partial charge >= 0.3 is 6.61 Å². The van der Waals surface area contributed by atoms with Gasteiger partial charge in [0.05, 0.1) is 22.9 Å². The lowest BCUT2D eigenvalue weighted by atomic mass is 10.1. The van der Waals surface area contributed by atoms with Gasteiger partial charge in [0.15, 0.2) is 16.6 Å². The van der Waals surface area contributed by atoms with Gasteiger partial charge in [-0.15, -0.1) is 0 Å². The molecule has 5 nitrogen and oxygen atoms in total. The van der Waals surface area contributed by atoms with Crippen molar-refractivity contribution in [1.29, 1.82) is 0 Å². The van der Waals surface area contributed by atoms with Crippen LogP contribution >= 0.6 is 11.3 Å². The Morgan fingerprint density at radius 2 is 2.00 bits per heavy atom. The first-order valence-corrected chi connectivity index (χ1v) is 8.10. The number of carbonyl (C=O) groups is 1. The summed E-state index contributed by atoms with van der Waals surface area (Å²) in [7, 11) is 1.31. The molecule has 25 heavy (non-hydrogen) atoms. The van der Waals surface area contributed by atoms with Crippen LogP contribution in [0.2, 0.25) is 0 Å². The number of aryl methyl sites for hydroxylation is 1. The smallest absolute Gasteiger partial charge is 0.387 e. The molecule has 0 unspecified atom stereocenters. The molecule has 0 saturated carbocycles. The first-order chi connectivity index (χ1) is 12.0. The van der Waals surface area contributed by atoms with Crippen LogP contribution in [0.5, 0.6) is 11.5 Å². The van der Waals surface area contributed by atoms with Crippen LogP contribution in [0.1, 0.15) is 15.9 Å². The maximum absolute atomic E-state index is 12.7. The number of amides is 1. The fourth-order valence-corrected chi connectivity index (χ4v) is 3.31. The van der Waals surface area contributed by atoms with Crippen molar-refractivity contribution < 1.29 is 23.0 Å². The van der Waals surface area contributed by atoms with Gasteiger partial charge in [-0.2, -0.15) is 8.78 Å². The topological polar surface area (TPSA) is 60.5 Å². The van der Waals surface area contributed by atoms with E-state index < -0.39 is 12.5 Å². The standard InChI is InChI=1S/C17H14F2N2O3S/c1-9-5-3-8-12-13(9)20-17(25-12)21-15(22)10-6-4-7-11(23-2)14(10)24-16(18)19/h3-8,16H,1-2H3,(H,20,21,22). The van der Waals surface area contributed by atoms with Crippen molar-refractivity contribution in [3.8, 4) is 11.5 Å². The van der Waals surface area contributed by atoms with Gasteiger partial charge in [-0.3, -0.25) is 10.1 Å². The zero-order valence-corrected chi connectivity index (χ0v) is 14.2. The summed E-state index contributed by atoms with van der Waals surface area (Å²) in [5.74, 6) is -0.867. The third kappa shape index (κ3) is 3.53. The fraction of sp³-hybridized carbons (Fsp3) is 0.176. The van der Waals surface area contributed by atoms with Crippen molar-refractivity contribution in [2.45, 2.75) is 13.5 Å². The molecule has 2 aromatic carbocycles. The minimum Gasteiger partial charge on any atom is -0.493 e. The minimum atomic E-state index is -3.08. The van der Waals surface area contributed by atoms with E-state index in [4.69, 9.17) is 4.74 Å². The Kier molecular flexibility index (Phi) is 4.80. The Hall–Kier alpha value is -2.74. The molecule has 130 valence electrons. The number of carbonyl (C=O) groups excluding carboxylic acids is 1. The van der Waals surface area contributed by atoms with Crippen LogP contribution in [0.25, 0.3) is 10.2 Å². The summed E-state index contributed by atoms with van der Waals surface area (Å²) in [6.45, 7) is -1.16. The highest BCUT2D eigenvalue weighted by Gasteiger charge is 2.21. The molecule has 0 saturated heterocycles. The lowest BCUT2D eigenvalue weighted by Gasteiger charge is -2.13. The number of fused-ring (bicyclic) bond motifs is 1. The van der Waals surface area contributed by atoms with Gasteiger partial charge in [0.1, 0.15) is 0 Å². The first-order valence-electron chi connectivity index (χ1n) is 7.29. The molecule has 0 spiro atoms. The Labute approximate surface area is 146 Å². The molecule has 0 aliphatic carbocycles. The third-order valence-electron chi connectivity index (χ3n) is 3.49. The maximum atomic E-state index is 12.7. The predicted octanol–water partition coefficient (Wildman–Crippen LogP) is 4.47. The van der Waals surface area contributed by atoms with Gasteiger partial charge in [0.2, 0.25) is 0 Å². The van der Waals surface area contributed by atoms with Crippen LogP contribution in [0.3, 0.4) is 0 Å². The van der Waals surface area contributed by atoms with E-state index >= 15 is 0 Å². The third-order valence-corrected chi connectivity index (χ3v) is 4.43. The molecule has 0 fully saturated rings. The number of rotatable bonds is 5. The molecular formula is C17H14F2N2O3S. The second kappa shape index (κ2) is 7.02. The molecular weight excluding hydrogens is 350 g/mol. The summed E-state index contributed by atoms with van der Waals surface area (Å²) in [6, 6.07) is 10.1. The van der Waals surface area contributed by atoms with Gasteiger partial charge in [0, 0.05) is 0 Å². The molecule has 1 heterocycles. The normalized spacial score (nSPS) is 10.9. The highest BCUT2D eigenvalue weighted by atomic mass is 32.1. The van der Waals surface area contributed by atoms with E-state index in [1.807, 2.05) is 25.1 Å². The fourth-order valence-electron chi connectivity index (χ4n) is 2.37. The van der Waals surface area contributed by atoms with Crippen LogP contribution in [0.4, 0.5) is 13.9 Å². The predicted molar refractivity (Wildman–Crippen MR) is 91.9 cm³/mol. The molecule has 0 atom stereocenters. The highest BCUT2D eigenvalue weighted by molar-refractivity contribution is 7.22. The van der Waals surface area contributed by atoms with Gasteiger partial charge in [-0.1, -0.05) is 29.5 Å². The number of nitrogens with one attached hydrogen (secondary N) is 1. The molecule has 0 bridgehead atoms. The summed E-state index contributed by atoms with van der Waals surface area (Å²) in [5, 5.41) is 3.00. The number of hydrogen-bond donors (Lipinski definition) is 1. The van der Waals surface area contributed by atoms with Crippen LogP contribution < -0.4 is 14.8 Å². The molecule has 1 amide bonds. The second-order valence-electron chi connectivity index (χ2n) is 5.11. The van der Waals surface area contributed by atoms with Crippen LogP contribution in [-0.2, 0) is 0 Å². The number of thiazole rings is 1. The number of ether oxygens (including phenoxy) is 2. The SMILES string of the molecule is COc1cccc(C(=O)Nc2nc3c(C)cccc3s2)c1OC(F)F. The zero-order chi connectivity index (χ0) is 18.0.